The second kappa shape index (κ2) is 7.00. The van der Waals surface area contributed by atoms with E-state index in [-0.39, 0.29) is 11.9 Å². The van der Waals surface area contributed by atoms with E-state index in [2.05, 4.69) is 5.10 Å². The molecule has 6 heteroatoms. The van der Waals surface area contributed by atoms with Gasteiger partial charge >= 0.3 is 0 Å². The molecule has 2 aromatic rings. The van der Waals surface area contributed by atoms with Crippen molar-refractivity contribution in [2.45, 2.75) is 44.2 Å². The van der Waals surface area contributed by atoms with Crippen LogP contribution in [-0.2, 0) is 18.3 Å². The molecule has 0 bridgehead atoms. The summed E-state index contributed by atoms with van der Waals surface area (Å²) in [4.78, 5) is 14.4. The number of carbonyl (C=O) groups is 1. The van der Waals surface area contributed by atoms with Gasteiger partial charge in [-0.3, -0.25) is 9.48 Å². The van der Waals surface area contributed by atoms with Crippen LogP contribution < -0.4 is 0 Å². The monoisotopic (exact) mass is 317 g/mol. The fourth-order valence-electron chi connectivity index (χ4n) is 3.26. The Morgan fingerprint density at radius 3 is 3.13 bits per heavy atom. The Morgan fingerprint density at radius 2 is 2.43 bits per heavy atom. The number of nitrogens with zero attached hydrogens (tertiary/aromatic N) is 3. The number of carbonyl (C=O) groups excluding carboxylic acids is 1. The average Bonchev–Trinajstić information content (AvgIpc) is 3.26. The Hall–Kier alpha value is -2.08. The van der Waals surface area contributed by atoms with Gasteiger partial charge in [-0.2, -0.15) is 5.10 Å². The standard InChI is InChI=1S/C17H23N3O3/c1-19-12-13(11-18-19)6-7-17(22)20-8-2-4-14(20)10-15(21)16-5-3-9-23-16/h3,5,9,11-12,14-15,21H,2,4,6-8,10H2,1H3. The molecule has 0 aromatic carbocycles. The Labute approximate surface area is 135 Å². The molecular formula is C17H23N3O3. The SMILES string of the molecule is Cn1cc(CCC(=O)N2CCCC2CC(O)c2ccco2)cn1. The number of aliphatic hydroxyl groups excluding tert-OH is 1. The van der Waals surface area contributed by atoms with Crippen LogP contribution in [0.4, 0.5) is 0 Å². The van der Waals surface area contributed by atoms with Crippen molar-refractivity contribution < 1.29 is 14.3 Å². The largest absolute Gasteiger partial charge is 0.467 e. The Balaban J connectivity index is 1.54. The molecule has 2 atom stereocenters. The van der Waals surface area contributed by atoms with Crippen molar-refractivity contribution in [3.05, 3.63) is 42.1 Å². The predicted molar refractivity (Wildman–Crippen MR) is 84.5 cm³/mol. The summed E-state index contributed by atoms with van der Waals surface area (Å²) in [6.45, 7) is 0.779. The number of aromatic nitrogens is 2. The van der Waals surface area contributed by atoms with E-state index >= 15 is 0 Å². The second-order valence-corrected chi connectivity index (χ2v) is 6.17. The molecule has 0 radical (unpaired) electrons. The first-order chi connectivity index (χ1) is 11.1. The van der Waals surface area contributed by atoms with Crippen LogP contribution in [0, 0.1) is 0 Å². The van der Waals surface area contributed by atoms with Crippen molar-refractivity contribution in [3.8, 4) is 0 Å². The van der Waals surface area contributed by atoms with E-state index in [1.807, 2.05) is 18.1 Å². The number of likely N-dealkylation sites (tertiary alicyclic amines) is 1. The molecule has 2 aromatic heterocycles. The quantitative estimate of drug-likeness (QED) is 0.885. The normalized spacial score (nSPS) is 19.2. The summed E-state index contributed by atoms with van der Waals surface area (Å²) in [6.07, 6.45) is 8.31. The molecule has 6 nitrogen and oxygen atoms in total. The third-order valence-electron chi connectivity index (χ3n) is 4.45. The molecule has 23 heavy (non-hydrogen) atoms. The van der Waals surface area contributed by atoms with Gasteiger partial charge in [-0.25, -0.2) is 0 Å². The van der Waals surface area contributed by atoms with Crippen molar-refractivity contribution >= 4 is 5.91 Å². The summed E-state index contributed by atoms with van der Waals surface area (Å²) in [6, 6.07) is 3.63. The predicted octanol–water partition coefficient (Wildman–Crippen LogP) is 2.06. The van der Waals surface area contributed by atoms with Crippen LogP contribution in [0.15, 0.2) is 35.2 Å². The van der Waals surface area contributed by atoms with Crippen molar-refractivity contribution in [1.29, 1.82) is 0 Å². The smallest absolute Gasteiger partial charge is 0.223 e. The minimum absolute atomic E-state index is 0.0940. The van der Waals surface area contributed by atoms with Gasteiger partial charge in [0.2, 0.25) is 5.91 Å². The highest BCUT2D eigenvalue weighted by molar-refractivity contribution is 5.77. The molecule has 1 aliphatic heterocycles. The molecule has 0 aliphatic carbocycles. The lowest BCUT2D eigenvalue weighted by atomic mass is 10.0. The first-order valence-electron chi connectivity index (χ1n) is 8.12. The molecule has 3 heterocycles. The Bertz CT molecular complexity index is 635. The Morgan fingerprint density at radius 1 is 1.57 bits per heavy atom. The highest BCUT2D eigenvalue weighted by Crippen LogP contribution is 2.28. The molecule has 1 aliphatic rings. The maximum absolute atomic E-state index is 12.5. The Kier molecular flexibility index (Phi) is 4.81. The average molecular weight is 317 g/mol. The van der Waals surface area contributed by atoms with Gasteiger partial charge in [0, 0.05) is 38.7 Å². The lowest BCUT2D eigenvalue weighted by molar-refractivity contribution is -0.132. The third-order valence-corrected chi connectivity index (χ3v) is 4.45. The van der Waals surface area contributed by atoms with Crippen molar-refractivity contribution in [1.82, 2.24) is 14.7 Å². The van der Waals surface area contributed by atoms with Gasteiger partial charge in [-0.05, 0) is 37.0 Å². The van der Waals surface area contributed by atoms with Gasteiger partial charge in [-0.15, -0.1) is 0 Å². The number of furan rings is 1. The highest BCUT2D eigenvalue weighted by Gasteiger charge is 2.30. The molecule has 1 fully saturated rings. The van der Waals surface area contributed by atoms with Crippen LogP contribution in [0.1, 0.15) is 43.1 Å². The van der Waals surface area contributed by atoms with Crippen LogP contribution in [0.3, 0.4) is 0 Å². The summed E-state index contributed by atoms with van der Waals surface area (Å²) >= 11 is 0. The zero-order valence-corrected chi connectivity index (χ0v) is 13.4. The van der Waals surface area contributed by atoms with Crippen LogP contribution >= 0.6 is 0 Å². The number of aliphatic hydroxyl groups is 1. The zero-order valence-electron chi connectivity index (χ0n) is 13.4. The first kappa shape index (κ1) is 15.8. The maximum atomic E-state index is 12.5. The number of hydrogen-bond acceptors (Lipinski definition) is 4. The fraction of sp³-hybridized carbons (Fsp3) is 0.529. The maximum Gasteiger partial charge on any atom is 0.223 e. The minimum Gasteiger partial charge on any atom is -0.467 e. The summed E-state index contributed by atoms with van der Waals surface area (Å²) in [5.74, 6) is 0.725. The van der Waals surface area contributed by atoms with E-state index in [0.717, 1.165) is 24.9 Å². The second-order valence-electron chi connectivity index (χ2n) is 6.17. The van der Waals surface area contributed by atoms with E-state index in [1.165, 1.54) is 0 Å². The van der Waals surface area contributed by atoms with Crippen LogP contribution in [0.5, 0.6) is 0 Å². The highest BCUT2D eigenvalue weighted by atomic mass is 16.4. The number of rotatable bonds is 6. The van der Waals surface area contributed by atoms with Gasteiger partial charge in [0.25, 0.3) is 0 Å². The zero-order chi connectivity index (χ0) is 16.2. The van der Waals surface area contributed by atoms with Gasteiger partial charge < -0.3 is 14.4 Å². The molecule has 0 saturated carbocycles. The van der Waals surface area contributed by atoms with Gasteiger partial charge in [0.15, 0.2) is 0 Å². The number of amides is 1. The molecule has 1 N–H and O–H groups in total. The van der Waals surface area contributed by atoms with E-state index < -0.39 is 6.10 Å². The van der Waals surface area contributed by atoms with Gasteiger partial charge in [0.05, 0.1) is 12.5 Å². The van der Waals surface area contributed by atoms with E-state index in [9.17, 15) is 9.90 Å². The van der Waals surface area contributed by atoms with E-state index in [1.54, 1.807) is 29.3 Å². The van der Waals surface area contributed by atoms with Crippen molar-refractivity contribution in [2.24, 2.45) is 7.05 Å². The summed E-state index contributed by atoms with van der Waals surface area (Å²) in [5.41, 5.74) is 1.08. The molecule has 1 saturated heterocycles. The fourth-order valence-corrected chi connectivity index (χ4v) is 3.26. The lowest BCUT2D eigenvalue weighted by Crippen LogP contribution is -2.36. The van der Waals surface area contributed by atoms with Crippen molar-refractivity contribution in [3.63, 3.8) is 0 Å². The molecular weight excluding hydrogens is 294 g/mol. The van der Waals surface area contributed by atoms with Crippen molar-refractivity contribution in [2.75, 3.05) is 6.54 Å². The van der Waals surface area contributed by atoms with E-state index in [4.69, 9.17) is 4.42 Å². The lowest BCUT2D eigenvalue weighted by Gasteiger charge is -2.26. The third kappa shape index (κ3) is 3.82. The minimum atomic E-state index is -0.651. The van der Waals surface area contributed by atoms with Crippen LogP contribution in [0.2, 0.25) is 0 Å². The van der Waals surface area contributed by atoms with Gasteiger partial charge in [-0.1, -0.05) is 0 Å². The molecule has 124 valence electrons. The summed E-state index contributed by atoms with van der Waals surface area (Å²) < 4.78 is 6.99. The summed E-state index contributed by atoms with van der Waals surface area (Å²) in [5, 5.41) is 14.4. The number of aryl methyl sites for hydroxylation is 2. The number of hydrogen-bond donors (Lipinski definition) is 1. The van der Waals surface area contributed by atoms with Crippen LogP contribution in [-0.4, -0.2) is 38.3 Å². The molecule has 1 amide bonds. The van der Waals surface area contributed by atoms with Gasteiger partial charge in [0.1, 0.15) is 11.9 Å². The topological polar surface area (TPSA) is 71.5 Å². The first-order valence-corrected chi connectivity index (χ1v) is 8.12. The molecule has 2 unspecified atom stereocenters. The molecule has 0 spiro atoms. The van der Waals surface area contributed by atoms with E-state index in [0.29, 0.717) is 25.0 Å². The summed E-state index contributed by atoms with van der Waals surface area (Å²) in [7, 11) is 1.87. The van der Waals surface area contributed by atoms with Crippen LogP contribution in [0.25, 0.3) is 0 Å². The molecule has 3 rings (SSSR count).